The number of ether oxygens (including phenoxy) is 1. The molecule has 1 aromatic heterocycles. The average Bonchev–Trinajstić information content (AvgIpc) is 3.15. The van der Waals surface area contributed by atoms with Crippen molar-refractivity contribution in [2.24, 2.45) is 0 Å². The number of esters is 1. The first-order chi connectivity index (χ1) is 11.4. The minimum atomic E-state index is -1.09. The van der Waals surface area contributed by atoms with E-state index in [0.29, 0.717) is 16.3 Å². The van der Waals surface area contributed by atoms with Crippen molar-refractivity contribution in [3.63, 3.8) is 0 Å². The van der Waals surface area contributed by atoms with Gasteiger partial charge in [-0.15, -0.1) is 0 Å². The molecule has 0 aliphatic heterocycles. The fourth-order valence-corrected chi connectivity index (χ4v) is 3.29. The number of imide groups is 1. The number of hydrogen-bond acceptors (Lipinski definition) is 7. The molecule has 0 radical (unpaired) electrons. The van der Waals surface area contributed by atoms with Crippen LogP contribution in [0.1, 0.15) is 48.7 Å². The van der Waals surface area contributed by atoms with E-state index in [4.69, 9.17) is 4.74 Å². The largest absolute Gasteiger partial charge is 0.449 e. The molecule has 9 heteroatoms. The molecule has 1 saturated carbocycles. The Morgan fingerprint density at radius 3 is 2.58 bits per heavy atom. The van der Waals surface area contributed by atoms with Gasteiger partial charge in [0, 0.05) is 13.1 Å². The van der Waals surface area contributed by atoms with Crippen LogP contribution in [0.2, 0.25) is 0 Å². The summed E-state index contributed by atoms with van der Waals surface area (Å²) in [5.74, 6) is -1.31. The number of anilines is 1. The van der Waals surface area contributed by atoms with E-state index in [0.717, 1.165) is 37.2 Å². The lowest BCUT2D eigenvalue weighted by molar-refractivity contribution is -0.127. The molecule has 0 spiro atoms. The molecule has 1 unspecified atom stereocenters. The van der Waals surface area contributed by atoms with Crippen molar-refractivity contribution in [2.45, 2.75) is 51.7 Å². The van der Waals surface area contributed by atoms with E-state index in [9.17, 15) is 14.4 Å². The number of nitrogens with one attached hydrogen (secondary N) is 3. The topological polar surface area (TPSA) is 109 Å². The second-order valence-corrected chi connectivity index (χ2v) is 6.49. The molecular weight excluding hydrogens is 332 g/mol. The van der Waals surface area contributed by atoms with Gasteiger partial charge in [-0.1, -0.05) is 12.8 Å². The standard InChI is InChI=1S/C15H22N4O4S/c1-8-11(13(16-3)24-19-8)14(21)23-9(2)12(20)18-15(22)17-10-6-4-5-7-10/h9-10,16H,4-7H2,1-3H3,(H2,17,18,20,22). The molecule has 1 aliphatic carbocycles. The zero-order valence-electron chi connectivity index (χ0n) is 14.0. The van der Waals surface area contributed by atoms with E-state index in [2.05, 4.69) is 20.3 Å². The van der Waals surface area contributed by atoms with Crippen molar-refractivity contribution in [3.8, 4) is 0 Å². The van der Waals surface area contributed by atoms with Gasteiger partial charge in [0.2, 0.25) is 0 Å². The van der Waals surface area contributed by atoms with Gasteiger partial charge in [0.15, 0.2) is 6.10 Å². The first-order valence-electron chi connectivity index (χ1n) is 7.88. The number of hydrogen-bond donors (Lipinski definition) is 3. The highest BCUT2D eigenvalue weighted by Gasteiger charge is 2.26. The van der Waals surface area contributed by atoms with Gasteiger partial charge < -0.3 is 15.4 Å². The summed E-state index contributed by atoms with van der Waals surface area (Å²) in [5.41, 5.74) is 0.832. The highest BCUT2D eigenvalue weighted by Crippen LogP contribution is 2.25. The maximum absolute atomic E-state index is 12.2. The smallest absolute Gasteiger partial charge is 0.343 e. The van der Waals surface area contributed by atoms with Gasteiger partial charge in [-0.3, -0.25) is 10.1 Å². The Hall–Kier alpha value is -2.16. The number of nitrogens with zero attached hydrogens (tertiary/aromatic N) is 1. The minimum absolute atomic E-state index is 0.105. The number of rotatable bonds is 5. The van der Waals surface area contributed by atoms with Gasteiger partial charge in [0.1, 0.15) is 10.6 Å². The molecule has 0 aromatic carbocycles. The molecular formula is C15H22N4O4S. The Bertz CT molecular complexity index is 625. The number of carbonyl (C=O) groups excluding carboxylic acids is 3. The number of aromatic nitrogens is 1. The molecule has 3 amide bonds. The Morgan fingerprint density at radius 1 is 1.29 bits per heavy atom. The molecule has 1 aliphatic rings. The number of carbonyl (C=O) groups is 3. The molecule has 2 rings (SSSR count). The van der Waals surface area contributed by atoms with Crippen molar-refractivity contribution in [2.75, 3.05) is 12.4 Å². The summed E-state index contributed by atoms with van der Waals surface area (Å²) >= 11 is 1.14. The highest BCUT2D eigenvalue weighted by molar-refractivity contribution is 7.10. The van der Waals surface area contributed by atoms with E-state index < -0.39 is 24.0 Å². The van der Waals surface area contributed by atoms with Crippen LogP contribution >= 0.6 is 11.5 Å². The molecule has 0 bridgehead atoms. The van der Waals surface area contributed by atoms with E-state index >= 15 is 0 Å². The van der Waals surface area contributed by atoms with E-state index in [1.165, 1.54) is 6.92 Å². The third-order valence-corrected chi connectivity index (χ3v) is 4.83. The van der Waals surface area contributed by atoms with Gasteiger partial charge in [0.05, 0.1) is 5.69 Å². The molecule has 8 nitrogen and oxygen atoms in total. The minimum Gasteiger partial charge on any atom is -0.449 e. The molecule has 1 fully saturated rings. The summed E-state index contributed by atoms with van der Waals surface area (Å²) in [4.78, 5) is 36.0. The van der Waals surface area contributed by atoms with Crippen molar-refractivity contribution in [1.29, 1.82) is 0 Å². The fourth-order valence-electron chi connectivity index (χ4n) is 2.56. The summed E-state index contributed by atoms with van der Waals surface area (Å²) in [7, 11) is 1.67. The van der Waals surface area contributed by atoms with Gasteiger partial charge >= 0.3 is 12.0 Å². The zero-order chi connectivity index (χ0) is 17.7. The van der Waals surface area contributed by atoms with Crippen LogP contribution in [-0.2, 0) is 9.53 Å². The molecule has 1 aromatic rings. The first-order valence-corrected chi connectivity index (χ1v) is 8.66. The van der Waals surface area contributed by atoms with Crippen molar-refractivity contribution in [1.82, 2.24) is 15.0 Å². The Kier molecular flexibility index (Phi) is 6.13. The van der Waals surface area contributed by atoms with Gasteiger partial charge in [0.25, 0.3) is 5.91 Å². The molecule has 1 heterocycles. The molecule has 24 heavy (non-hydrogen) atoms. The fraction of sp³-hybridized carbons (Fsp3) is 0.600. The summed E-state index contributed by atoms with van der Waals surface area (Å²) in [5, 5.41) is 8.38. The number of amides is 3. The third-order valence-electron chi connectivity index (χ3n) is 3.87. The van der Waals surface area contributed by atoms with Crippen LogP contribution in [0.5, 0.6) is 0 Å². The van der Waals surface area contributed by atoms with Crippen LogP contribution in [0.15, 0.2) is 0 Å². The molecule has 132 valence electrons. The molecule has 1 atom stereocenters. The van der Waals surface area contributed by atoms with Crippen LogP contribution in [0.3, 0.4) is 0 Å². The maximum atomic E-state index is 12.2. The Balaban J connectivity index is 1.87. The predicted molar refractivity (Wildman–Crippen MR) is 90.2 cm³/mol. The monoisotopic (exact) mass is 354 g/mol. The summed E-state index contributed by atoms with van der Waals surface area (Å²) in [6.45, 7) is 3.11. The van der Waals surface area contributed by atoms with Gasteiger partial charge in [-0.05, 0) is 38.2 Å². The second-order valence-electron chi connectivity index (χ2n) is 5.71. The van der Waals surface area contributed by atoms with Crippen LogP contribution in [0.4, 0.5) is 9.80 Å². The SMILES string of the molecule is CNc1snc(C)c1C(=O)OC(C)C(=O)NC(=O)NC1CCCC1. The normalized spacial score (nSPS) is 15.6. The van der Waals surface area contributed by atoms with E-state index in [1.54, 1.807) is 14.0 Å². The Morgan fingerprint density at radius 2 is 1.96 bits per heavy atom. The van der Waals surface area contributed by atoms with Crippen molar-refractivity contribution in [3.05, 3.63) is 11.3 Å². The van der Waals surface area contributed by atoms with Gasteiger partial charge in [-0.2, -0.15) is 4.37 Å². The quantitative estimate of drug-likeness (QED) is 0.696. The van der Waals surface area contributed by atoms with Gasteiger partial charge in [-0.25, -0.2) is 9.59 Å². The zero-order valence-corrected chi connectivity index (χ0v) is 14.8. The third kappa shape index (κ3) is 4.44. The van der Waals surface area contributed by atoms with E-state index in [-0.39, 0.29) is 6.04 Å². The number of aryl methyl sites for hydroxylation is 1. The molecule has 3 N–H and O–H groups in total. The lowest BCUT2D eigenvalue weighted by Gasteiger charge is -2.15. The van der Waals surface area contributed by atoms with Crippen LogP contribution < -0.4 is 16.0 Å². The molecule has 0 saturated heterocycles. The van der Waals surface area contributed by atoms with E-state index in [1.807, 2.05) is 0 Å². The first kappa shape index (κ1) is 18.2. The average molecular weight is 354 g/mol. The lowest BCUT2D eigenvalue weighted by Crippen LogP contribution is -2.47. The highest BCUT2D eigenvalue weighted by atomic mass is 32.1. The van der Waals surface area contributed by atoms with Crippen LogP contribution in [-0.4, -0.2) is 41.5 Å². The summed E-state index contributed by atoms with van der Waals surface area (Å²) in [6, 6.07) is -0.451. The number of urea groups is 1. The maximum Gasteiger partial charge on any atom is 0.343 e. The lowest BCUT2D eigenvalue weighted by atomic mass is 10.2. The van der Waals surface area contributed by atoms with Crippen molar-refractivity contribution >= 4 is 34.4 Å². The Labute approximate surface area is 144 Å². The predicted octanol–water partition coefficient (Wildman–Crippen LogP) is 1.81. The van der Waals surface area contributed by atoms with Crippen LogP contribution in [0, 0.1) is 6.92 Å². The summed E-state index contributed by atoms with van der Waals surface area (Å²) in [6.07, 6.45) is 2.91. The second kappa shape index (κ2) is 8.09. The van der Waals surface area contributed by atoms with Crippen LogP contribution in [0.25, 0.3) is 0 Å². The summed E-state index contributed by atoms with van der Waals surface area (Å²) < 4.78 is 9.23. The van der Waals surface area contributed by atoms with Crippen molar-refractivity contribution < 1.29 is 19.1 Å².